The largest absolute Gasteiger partial charge is 0.321 e. The molecule has 0 aliphatic rings. The first kappa shape index (κ1) is 13.2. The molecule has 0 fully saturated rings. The number of rotatable bonds is 2. The van der Waals surface area contributed by atoms with E-state index in [1.54, 1.807) is 12.1 Å². The smallest absolute Gasteiger partial charge is 0.257 e. The number of pyridine rings is 1. The van der Waals surface area contributed by atoms with Gasteiger partial charge in [-0.25, -0.2) is 4.98 Å². The molecule has 5 heteroatoms. The van der Waals surface area contributed by atoms with Crippen LogP contribution in [0.25, 0.3) is 0 Å². The number of nitrogens with one attached hydrogen (secondary N) is 1. The Morgan fingerprint density at radius 2 is 2.00 bits per heavy atom. The van der Waals surface area contributed by atoms with E-state index >= 15 is 0 Å². The fourth-order valence-electron chi connectivity index (χ4n) is 1.43. The maximum absolute atomic E-state index is 12.0. The van der Waals surface area contributed by atoms with Crippen LogP contribution in [0.15, 0.2) is 45.6 Å². The molecule has 2 rings (SSSR count). The molecule has 1 heterocycles. The number of hydrogen-bond donors (Lipinski definition) is 1. The monoisotopic (exact) mass is 368 g/mol. The Hall–Kier alpha value is -1.20. The van der Waals surface area contributed by atoms with Crippen LogP contribution in [0.2, 0.25) is 0 Å². The zero-order chi connectivity index (χ0) is 13.1. The van der Waals surface area contributed by atoms with Gasteiger partial charge in [-0.15, -0.1) is 0 Å². The van der Waals surface area contributed by atoms with Crippen LogP contribution in [0.4, 0.5) is 5.69 Å². The number of carbonyl (C=O) groups is 1. The van der Waals surface area contributed by atoms with Gasteiger partial charge >= 0.3 is 0 Å². The van der Waals surface area contributed by atoms with E-state index in [2.05, 4.69) is 42.2 Å². The van der Waals surface area contributed by atoms with Crippen LogP contribution in [0.3, 0.4) is 0 Å². The summed E-state index contributed by atoms with van der Waals surface area (Å²) >= 11 is 6.65. The lowest BCUT2D eigenvalue weighted by Gasteiger charge is -2.08. The summed E-state index contributed by atoms with van der Waals surface area (Å²) < 4.78 is 1.57. The summed E-state index contributed by atoms with van der Waals surface area (Å²) in [5.74, 6) is -0.181. The van der Waals surface area contributed by atoms with Gasteiger partial charge in [0.15, 0.2) is 0 Å². The first-order chi connectivity index (χ1) is 8.56. The van der Waals surface area contributed by atoms with Gasteiger partial charge in [0.2, 0.25) is 0 Å². The third-order valence-electron chi connectivity index (χ3n) is 2.36. The molecule has 1 amide bonds. The highest BCUT2D eigenvalue weighted by atomic mass is 79.9. The molecule has 3 nitrogen and oxygen atoms in total. The van der Waals surface area contributed by atoms with Crippen molar-refractivity contribution in [3.8, 4) is 0 Å². The zero-order valence-electron chi connectivity index (χ0n) is 9.58. The Kier molecular flexibility index (Phi) is 4.14. The highest BCUT2D eigenvalue weighted by molar-refractivity contribution is 9.10. The van der Waals surface area contributed by atoms with E-state index in [0.29, 0.717) is 10.2 Å². The summed E-state index contributed by atoms with van der Waals surface area (Å²) in [5.41, 5.74) is 2.39. The van der Waals surface area contributed by atoms with Gasteiger partial charge in [-0.2, -0.15) is 0 Å². The standard InChI is InChI=1S/C13H10Br2N2O/c1-8-2-4-11(10(14)6-8)17-13(18)9-3-5-12(15)16-7-9/h2-7H,1H3,(H,17,18). The van der Waals surface area contributed by atoms with Gasteiger partial charge in [-0.3, -0.25) is 4.79 Å². The van der Waals surface area contributed by atoms with Crippen LogP contribution in [0.5, 0.6) is 0 Å². The Labute approximate surface area is 122 Å². The molecule has 0 bridgehead atoms. The number of anilines is 1. The van der Waals surface area contributed by atoms with Gasteiger partial charge in [0.25, 0.3) is 5.91 Å². The molecule has 0 saturated carbocycles. The van der Waals surface area contributed by atoms with E-state index in [1.165, 1.54) is 6.20 Å². The summed E-state index contributed by atoms with van der Waals surface area (Å²) in [7, 11) is 0. The number of hydrogen-bond acceptors (Lipinski definition) is 2. The topological polar surface area (TPSA) is 42.0 Å². The fraction of sp³-hybridized carbons (Fsp3) is 0.0769. The molecule has 0 saturated heterocycles. The molecule has 92 valence electrons. The summed E-state index contributed by atoms with van der Waals surface area (Å²) in [6.45, 7) is 2.00. The van der Waals surface area contributed by atoms with Crippen molar-refractivity contribution in [2.45, 2.75) is 6.92 Å². The summed E-state index contributed by atoms with van der Waals surface area (Å²) in [4.78, 5) is 16.0. The highest BCUT2D eigenvalue weighted by Gasteiger charge is 2.08. The maximum atomic E-state index is 12.0. The van der Waals surface area contributed by atoms with Crippen LogP contribution in [-0.2, 0) is 0 Å². The van der Waals surface area contributed by atoms with Crippen molar-refractivity contribution in [2.75, 3.05) is 5.32 Å². The molecule has 1 N–H and O–H groups in total. The number of carbonyl (C=O) groups excluding carboxylic acids is 1. The molecular weight excluding hydrogens is 360 g/mol. The maximum Gasteiger partial charge on any atom is 0.257 e. The van der Waals surface area contributed by atoms with E-state index in [9.17, 15) is 4.79 Å². The molecule has 1 aromatic carbocycles. The van der Waals surface area contributed by atoms with Crippen LogP contribution in [-0.4, -0.2) is 10.9 Å². The molecule has 0 spiro atoms. The van der Waals surface area contributed by atoms with Gasteiger partial charge in [0.1, 0.15) is 4.60 Å². The van der Waals surface area contributed by atoms with Crippen LogP contribution in [0.1, 0.15) is 15.9 Å². The number of nitrogens with zero attached hydrogens (tertiary/aromatic N) is 1. The van der Waals surface area contributed by atoms with Gasteiger partial charge in [0.05, 0.1) is 11.3 Å². The van der Waals surface area contributed by atoms with Crippen molar-refractivity contribution in [2.24, 2.45) is 0 Å². The first-order valence-electron chi connectivity index (χ1n) is 5.25. The third kappa shape index (κ3) is 3.17. The number of aryl methyl sites for hydroxylation is 1. The van der Waals surface area contributed by atoms with Crippen molar-refractivity contribution < 1.29 is 4.79 Å². The normalized spacial score (nSPS) is 10.2. The molecule has 0 atom stereocenters. The molecule has 0 aliphatic heterocycles. The van der Waals surface area contributed by atoms with Crippen molar-refractivity contribution in [1.82, 2.24) is 4.98 Å². The second-order valence-electron chi connectivity index (χ2n) is 3.81. The summed E-state index contributed by atoms with van der Waals surface area (Å²) in [6.07, 6.45) is 1.53. The average molecular weight is 370 g/mol. The Bertz CT molecular complexity index is 582. The number of halogens is 2. The Morgan fingerprint density at radius 3 is 2.61 bits per heavy atom. The van der Waals surface area contributed by atoms with Crippen molar-refractivity contribution in [3.63, 3.8) is 0 Å². The van der Waals surface area contributed by atoms with Crippen LogP contribution < -0.4 is 5.32 Å². The van der Waals surface area contributed by atoms with Gasteiger partial charge < -0.3 is 5.32 Å². The highest BCUT2D eigenvalue weighted by Crippen LogP contribution is 2.23. The first-order valence-corrected chi connectivity index (χ1v) is 6.84. The summed E-state index contributed by atoms with van der Waals surface area (Å²) in [5, 5.41) is 2.83. The predicted octanol–water partition coefficient (Wildman–Crippen LogP) is 4.17. The number of benzene rings is 1. The van der Waals surface area contributed by atoms with E-state index in [4.69, 9.17) is 0 Å². The van der Waals surface area contributed by atoms with Gasteiger partial charge in [0, 0.05) is 10.7 Å². The summed E-state index contributed by atoms with van der Waals surface area (Å²) in [6, 6.07) is 9.22. The lowest BCUT2D eigenvalue weighted by atomic mass is 10.2. The van der Waals surface area contributed by atoms with E-state index in [0.717, 1.165) is 15.7 Å². The number of amides is 1. The quantitative estimate of drug-likeness (QED) is 0.807. The lowest BCUT2D eigenvalue weighted by molar-refractivity contribution is 0.102. The molecule has 0 unspecified atom stereocenters. The molecule has 2 aromatic rings. The lowest BCUT2D eigenvalue weighted by Crippen LogP contribution is -2.12. The van der Waals surface area contributed by atoms with E-state index < -0.39 is 0 Å². The minimum absolute atomic E-state index is 0.181. The van der Waals surface area contributed by atoms with Crippen LogP contribution >= 0.6 is 31.9 Å². The second kappa shape index (κ2) is 5.63. The SMILES string of the molecule is Cc1ccc(NC(=O)c2ccc(Br)nc2)c(Br)c1. The fourth-order valence-corrected chi connectivity index (χ4v) is 2.25. The minimum atomic E-state index is -0.181. The van der Waals surface area contributed by atoms with E-state index in [1.807, 2.05) is 25.1 Å². The minimum Gasteiger partial charge on any atom is -0.321 e. The zero-order valence-corrected chi connectivity index (χ0v) is 12.7. The van der Waals surface area contributed by atoms with Crippen molar-refractivity contribution in [1.29, 1.82) is 0 Å². The number of aromatic nitrogens is 1. The molecule has 18 heavy (non-hydrogen) atoms. The van der Waals surface area contributed by atoms with Crippen LogP contribution in [0, 0.1) is 6.92 Å². The Morgan fingerprint density at radius 1 is 1.22 bits per heavy atom. The van der Waals surface area contributed by atoms with Crippen molar-refractivity contribution in [3.05, 3.63) is 56.7 Å². The van der Waals surface area contributed by atoms with Gasteiger partial charge in [-0.05, 0) is 68.6 Å². The van der Waals surface area contributed by atoms with Gasteiger partial charge in [-0.1, -0.05) is 6.07 Å². The molecule has 0 aliphatic carbocycles. The molecule has 1 aromatic heterocycles. The van der Waals surface area contributed by atoms with Crippen molar-refractivity contribution >= 4 is 43.5 Å². The average Bonchev–Trinajstić information content (AvgIpc) is 2.33. The molecular formula is C13H10Br2N2O. The third-order valence-corrected chi connectivity index (χ3v) is 3.49. The van der Waals surface area contributed by atoms with E-state index in [-0.39, 0.29) is 5.91 Å². The second-order valence-corrected chi connectivity index (χ2v) is 5.47. The Balaban J connectivity index is 2.18. The molecule has 0 radical (unpaired) electrons. The predicted molar refractivity (Wildman–Crippen MR) is 78.8 cm³/mol.